The first kappa shape index (κ1) is 11.2. The monoisotopic (exact) mass is 198 g/mol. The lowest BCUT2D eigenvalue weighted by Gasteiger charge is -2.05. The van der Waals surface area contributed by atoms with E-state index >= 15 is 0 Å². The van der Waals surface area contributed by atoms with Gasteiger partial charge in [0.25, 0.3) is 0 Å². The van der Waals surface area contributed by atoms with Crippen molar-refractivity contribution >= 4 is 0 Å². The van der Waals surface area contributed by atoms with Crippen molar-refractivity contribution in [2.24, 2.45) is 5.73 Å². The zero-order valence-corrected chi connectivity index (χ0v) is 8.95. The lowest BCUT2D eigenvalue weighted by Crippen LogP contribution is -2.12. The summed E-state index contributed by atoms with van der Waals surface area (Å²) in [5.74, 6) is 1.61. The second-order valence-corrected chi connectivity index (χ2v) is 3.71. The average Bonchev–Trinajstić information content (AvgIpc) is 2.44. The molecule has 4 nitrogen and oxygen atoms in total. The third-order valence-corrected chi connectivity index (χ3v) is 2.06. The Morgan fingerprint density at radius 3 is 2.71 bits per heavy atom. The molecule has 14 heavy (non-hydrogen) atoms. The van der Waals surface area contributed by atoms with Crippen LogP contribution >= 0.6 is 0 Å². The molecule has 1 atom stereocenters. The molecule has 3 N–H and O–H groups in total. The van der Waals surface area contributed by atoms with E-state index in [4.69, 9.17) is 10.2 Å². The standard InChI is InChI=1S/C10H18N2O2/c1-7-9(10(13)5-11)4-8(14-7)6-12(2)3/h4,10,13H,5-6,11H2,1-3H3. The fourth-order valence-corrected chi connectivity index (χ4v) is 1.41. The second kappa shape index (κ2) is 4.59. The Kier molecular flexibility index (Phi) is 3.69. The molecule has 0 fully saturated rings. The molecule has 4 heteroatoms. The number of rotatable bonds is 4. The Morgan fingerprint density at radius 1 is 1.57 bits per heavy atom. The average molecular weight is 198 g/mol. The number of aliphatic hydroxyl groups is 1. The van der Waals surface area contributed by atoms with Gasteiger partial charge in [0.1, 0.15) is 11.5 Å². The van der Waals surface area contributed by atoms with E-state index in [1.54, 1.807) is 0 Å². The largest absolute Gasteiger partial charge is 0.465 e. The molecule has 0 aliphatic carbocycles. The van der Waals surface area contributed by atoms with Gasteiger partial charge >= 0.3 is 0 Å². The quantitative estimate of drug-likeness (QED) is 0.745. The minimum absolute atomic E-state index is 0.224. The topological polar surface area (TPSA) is 62.6 Å². The van der Waals surface area contributed by atoms with E-state index in [1.807, 2.05) is 32.0 Å². The lowest BCUT2D eigenvalue weighted by molar-refractivity contribution is 0.184. The fourth-order valence-electron chi connectivity index (χ4n) is 1.41. The van der Waals surface area contributed by atoms with Crippen LogP contribution in [0.5, 0.6) is 0 Å². The van der Waals surface area contributed by atoms with E-state index in [0.29, 0.717) is 0 Å². The number of aliphatic hydroxyl groups excluding tert-OH is 1. The van der Waals surface area contributed by atoms with Crippen molar-refractivity contribution in [2.45, 2.75) is 19.6 Å². The van der Waals surface area contributed by atoms with Gasteiger partial charge in [-0.05, 0) is 27.1 Å². The summed E-state index contributed by atoms with van der Waals surface area (Å²) in [5.41, 5.74) is 6.18. The number of nitrogens with two attached hydrogens (primary N) is 1. The van der Waals surface area contributed by atoms with Crippen LogP contribution in [0.15, 0.2) is 10.5 Å². The van der Waals surface area contributed by atoms with Crippen LogP contribution in [-0.2, 0) is 6.54 Å². The molecule has 0 radical (unpaired) electrons. The van der Waals surface area contributed by atoms with Gasteiger partial charge in [-0.3, -0.25) is 0 Å². The predicted molar refractivity (Wildman–Crippen MR) is 54.9 cm³/mol. The number of furan rings is 1. The molecular formula is C10H18N2O2. The van der Waals surface area contributed by atoms with Crippen LogP contribution in [0.25, 0.3) is 0 Å². The highest BCUT2D eigenvalue weighted by Gasteiger charge is 2.14. The zero-order chi connectivity index (χ0) is 10.7. The predicted octanol–water partition coefficient (Wildman–Crippen LogP) is 0.642. The molecule has 80 valence electrons. The first-order valence-corrected chi connectivity index (χ1v) is 4.66. The third-order valence-electron chi connectivity index (χ3n) is 2.06. The molecule has 1 aromatic heterocycles. The number of hydrogen-bond donors (Lipinski definition) is 2. The van der Waals surface area contributed by atoms with Gasteiger partial charge in [0.15, 0.2) is 0 Å². The van der Waals surface area contributed by atoms with Crippen LogP contribution in [0.4, 0.5) is 0 Å². The normalized spacial score (nSPS) is 13.6. The van der Waals surface area contributed by atoms with E-state index in [0.717, 1.165) is 23.6 Å². The SMILES string of the molecule is Cc1oc(CN(C)C)cc1C(O)CN. The molecule has 1 unspecified atom stereocenters. The number of aryl methyl sites for hydroxylation is 1. The van der Waals surface area contributed by atoms with Crippen LogP contribution < -0.4 is 5.73 Å². The minimum Gasteiger partial charge on any atom is -0.465 e. The van der Waals surface area contributed by atoms with Gasteiger partial charge < -0.3 is 20.2 Å². The summed E-state index contributed by atoms with van der Waals surface area (Å²) in [4.78, 5) is 2.01. The van der Waals surface area contributed by atoms with Crippen molar-refractivity contribution in [2.75, 3.05) is 20.6 Å². The van der Waals surface area contributed by atoms with Crippen LogP contribution in [0.3, 0.4) is 0 Å². The van der Waals surface area contributed by atoms with Crippen molar-refractivity contribution in [3.05, 3.63) is 23.2 Å². The maximum Gasteiger partial charge on any atom is 0.118 e. The molecule has 1 aromatic rings. The number of hydrogen-bond acceptors (Lipinski definition) is 4. The van der Waals surface area contributed by atoms with Gasteiger partial charge in [-0.25, -0.2) is 0 Å². The molecule has 0 bridgehead atoms. The van der Waals surface area contributed by atoms with Gasteiger partial charge in [-0.15, -0.1) is 0 Å². The van der Waals surface area contributed by atoms with Crippen molar-refractivity contribution in [1.82, 2.24) is 4.90 Å². The number of nitrogens with zero attached hydrogens (tertiary/aromatic N) is 1. The molecule has 0 spiro atoms. The van der Waals surface area contributed by atoms with Gasteiger partial charge in [0.05, 0.1) is 12.6 Å². The van der Waals surface area contributed by atoms with E-state index in [1.165, 1.54) is 0 Å². The summed E-state index contributed by atoms with van der Waals surface area (Å²) in [7, 11) is 3.94. The van der Waals surface area contributed by atoms with Gasteiger partial charge in [0, 0.05) is 12.1 Å². The Bertz CT molecular complexity index is 294. The molecule has 0 aliphatic rings. The second-order valence-electron chi connectivity index (χ2n) is 3.71. The van der Waals surface area contributed by atoms with Crippen molar-refractivity contribution in [1.29, 1.82) is 0 Å². The summed E-state index contributed by atoms with van der Waals surface area (Å²) >= 11 is 0. The highest BCUT2D eigenvalue weighted by molar-refractivity contribution is 5.23. The van der Waals surface area contributed by atoms with Crippen LogP contribution in [0, 0.1) is 6.92 Å². The summed E-state index contributed by atoms with van der Waals surface area (Å²) in [6.07, 6.45) is -0.616. The molecular weight excluding hydrogens is 180 g/mol. The van der Waals surface area contributed by atoms with Crippen LogP contribution in [-0.4, -0.2) is 30.6 Å². The molecule has 0 aliphatic heterocycles. The van der Waals surface area contributed by atoms with Crippen molar-refractivity contribution in [3.8, 4) is 0 Å². The van der Waals surface area contributed by atoms with Crippen molar-refractivity contribution < 1.29 is 9.52 Å². The van der Waals surface area contributed by atoms with Gasteiger partial charge in [0.2, 0.25) is 0 Å². The molecule has 0 saturated heterocycles. The maximum atomic E-state index is 9.56. The molecule has 0 aromatic carbocycles. The highest BCUT2D eigenvalue weighted by atomic mass is 16.3. The fraction of sp³-hybridized carbons (Fsp3) is 0.600. The summed E-state index contributed by atoms with van der Waals surface area (Å²) in [5, 5.41) is 9.56. The van der Waals surface area contributed by atoms with E-state index in [9.17, 15) is 5.11 Å². The zero-order valence-electron chi connectivity index (χ0n) is 8.95. The first-order valence-electron chi connectivity index (χ1n) is 4.66. The molecule has 0 amide bonds. The van der Waals surface area contributed by atoms with Crippen LogP contribution in [0.2, 0.25) is 0 Å². The Morgan fingerprint density at radius 2 is 2.21 bits per heavy atom. The molecule has 1 heterocycles. The van der Waals surface area contributed by atoms with Crippen molar-refractivity contribution in [3.63, 3.8) is 0 Å². The van der Waals surface area contributed by atoms with Crippen LogP contribution in [0.1, 0.15) is 23.2 Å². The Balaban J connectivity index is 2.82. The van der Waals surface area contributed by atoms with Gasteiger partial charge in [-0.2, -0.15) is 0 Å². The first-order chi connectivity index (χ1) is 6.54. The minimum atomic E-state index is -0.616. The van der Waals surface area contributed by atoms with Gasteiger partial charge in [-0.1, -0.05) is 0 Å². The maximum absolute atomic E-state index is 9.56. The summed E-state index contributed by atoms with van der Waals surface area (Å²) in [6.45, 7) is 2.80. The van der Waals surface area contributed by atoms with E-state index in [-0.39, 0.29) is 6.54 Å². The van der Waals surface area contributed by atoms with E-state index in [2.05, 4.69) is 0 Å². The Labute approximate surface area is 84.3 Å². The van der Waals surface area contributed by atoms with E-state index < -0.39 is 6.10 Å². The smallest absolute Gasteiger partial charge is 0.118 e. The summed E-state index contributed by atoms with van der Waals surface area (Å²) in [6, 6.07) is 1.87. The highest BCUT2D eigenvalue weighted by Crippen LogP contribution is 2.21. The summed E-state index contributed by atoms with van der Waals surface area (Å²) < 4.78 is 5.49. The third kappa shape index (κ3) is 2.57. The lowest BCUT2D eigenvalue weighted by atomic mass is 10.1. The Hall–Kier alpha value is -0.840. The molecule has 1 rings (SSSR count). The molecule has 0 saturated carbocycles.